The molecular formula is C20H37N3O4S. The van der Waals surface area contributed by atoms with Crippen LogP contribution in [0.3, 0.4) is 0 Å². The Labute approximate surface area is 173 Å². The number of likely N-dealkylation sites (N-methyl/N-ethyl adjacent to an activating group) is 1. The van der Waals surface area contributed by atoms with E-state index in [0.29, 0.717) is 13.0 Å². The molecule has 1 aliphatic rings. The van der Waals surface area contributed by atoms with Crippen molar-refractivity contribution in [2.45, 2.75) is 77.2 Å². The Bertz CT molecular complexity index is 560. The number of alkyl carbamates (subject to hydrolysis) is 1. The van der Waals surface area contributed by atoms with E-state index in [4.69, 9.17) is 4.74 Å². The van der Waals surface area contributed by atoms with Gasteiger partial charge in [-0.05, 0) is 41.0 Å². The molecule has 0 unspecified atom stereocenters. The first-order valence-corrected chi connectivity index (χ1v) is 11.0. The van der Waals surface area contributed by atoms with Crippen molar-refractivity contribution in [3.05, 3.63) is 0 Å². The first-order chi connectivity index (χ1) is 12.9. The third kappa shape index (κ3) is 7.89. The minimum atomic E-state index is -0.594. The van der Waals surface area contributed by atoms with Crippen molar-refractivity contribution in [2.75, 3.05) is 25.9 Å². The van der Waals surface area contributed by atoms with Crippen LogP contribution in [0.2, 0.25) is 0 Å². The van der Waals surface area contributed by atoms with Crippen molar-refractivity contribution in [2.24, 2.45) is 5.92 Å². The second-order valence-corrected chi connectivity index (χ2v) is 10.6. The largest absolute Gasteiger partial charge is 0.444 e. The molecule has 0 aromatic rings. The number of rotatable bonds is 7. The summed E-state index contributed by atoms with van der Waals surface area (Å²) in [4.78, 5) is 39.4. The summed E-state index contributed by atoms with van der Waals surface area (Å²) in [5, 5.41) is 5.66. The average molecular weight is 416 g/mol. The lowest BCUT2D eigenvalue weighted by atomic mass is 9.97. The highest BCUT2D eigenvalue weighted by atomic mass is 32.2. The zero-order valence-corrected chi connectivity index (χ0v) is 19.2. The normalized spacial score (nSPS) is 20.9. The van der Waals surface area contributed by atoms with Crippen LogP contribution in [-0.4, -0.2) is 65.1 Å². The average Bonchev–Trinajstić information content (AvgIpc) is 2.65. The molecular weight excluding hydrogens is 378 g/mol. The number of nitrogens with one attached hydrogen (secondary N) is 2. The van der Waals surface area contributed by atoms with Gasteiger partial charge < -0.3 is 20.3 Å². The van der Waals surface area contributed by atoms with E-state index in [2.05, 4.69) is 17.6 Å². The van der Waals surface area contributed by atoms with Gasteiger partial charge in [-0.1, -0.05) is 19.8 Å². The summed E-state index contributed by atoms with van der Waals surface area (Å²) in [6.45, 7) is 12.3. The Kier molecular flexibility index (Phi) is 9.11. The molecule has 1 rings (SSSR count). The van der Waals surface area contributed by atoms with Gasteiger partial charge in [0.2, 0.25) is 11.8 Å². The summed E-state index contributed by atoms with van der Waals surface area (Å²) in [7, 11) is 1.77. The van der Waals surface area contributed by atoms with Crippen molar-refractivity contribution in [1.29, 1.82) is 0 Å². The van der Waals surface area contributed by atoms with Gasteiger partial charge in [0.1, 0.15) is 11.6 Å². The highest BCUT2D eigenvalue weighted by Gasteiger charge is 2.41. The van der Waals surface area contributed by atoms with E-state index in [9.17, 15) is 14.4 Å². The first-order valence-electron chi connectivity index (χ1n) is 10.0. The number of nitrogens with zero attached hydrogens (tertiary/aromatic N) is 1. The van der Waals surface area contributed by atoms with Crippen molar-refractivity contribution in [1.82, 2.24) is 15.5 Å². The standard InChI is InChI=1S/C20H37N3O4S/c1-8-9-10-14(13-21-18(26)27-19(2,3)4)16(24)22-15-17(25)23(7)11-12-28-20(15,5)6/h14-15H,8-13H2,1-7H3,(H,21,26)(H,22,24)/t14-,15-/m1/s1. The lowest BCUT2D eigenvalue weighted by molar-refractivity contribution is -0.136. The molecule has 1 heterocycles. The molecule has 0 aromatic heterocycles. The van der Waals surface area contributed by atoms with E-state index in [-0.39, 0.29) is 18.4 Å². The summed E-state index contributed by atoms with van der Waals surface area (Å²) in [6, 6.07) is -0.594. The molecule has 8 heteroatoms. The van der Waals surface area contributed by atoms with Crippen LogP contribution in [0.25, 0.3) is 0 Å². The van der Waals surface area contributed by atoms with Crippen LogP contribution in [0.1, 0.15) is 60.8 Å². The smallest absolute Gasteiger partial charge is 0.407 e. The van der Waals surface area contributed by atoms with Crippen molar-refractivity contribution in [3.8, 4) is 0 Å². The van der Waals surface area contributed by atoms with Gasteiger partial charge in [-0.15, -0.1) is 0 Å². The predicted molar refractivity (Wildman–Crippen MR) is 113 cm³/mol. The molecule has 1 aliphatic heterocycles. The molecule has 0 bridgehead atoms. The van der Waals surface area contributed by atoms with Crippen molar-refractivity contribution in [3.63, 3.8) is 0 Å². The van der Waals surface area contributed by atoms with E-state index in [1.165, 1.54) is 0 Å². The second kappa shape index (κ2) is 10.4. The molecule has 2 atom stereocenters. The molecule has 0 spiro atoms. The lowest BCUT2D eigenvalue weighted by Gasteiger charge is -2.33. The van der Waals surface area contributed by atoms with Crippen LogP contribution < -0.4 is 10.6 Å². The number of amides is 3. The molecule has 1 saturated heterocycles. The van der Waals surface area contributed by atoms with Crippen LogP contribution >= 0.6 is 11.8 Å². The molecule has 162 valence electrons. The topological polar surface area (TPSA) is 87.7 Å². The Morgan fingerprint density at radius 1 is 1.36 bits per heavy atom. The quantitative estimate of drug-likeness (QED) is 0.668. The molecule has 0 aromatic carbocycles. The summed E-state index contributed by atoms with van der Waals surface area (Å²) >= 11 is 1.69. The molecule has 2 N–H and O–H groups in total. The fourth-order valence-corrected chi connectivity index (χ4v) is 4.17. The van der Waals surface area contributed by atoms with Crippen molar-refractivity contribution >= 4 is 29.7 Å². The molecule has 0 radical (unpaired) electrons. The van der Waals surface area contributed by atoms with Crippen LogP contribution in [-0.2, 0) is 14.3 Å². The Balaban J connectivity index is 2.82. The number of carbonyl (C=O) groups excluding carboxylic acids is 3. The molecule has 28 heavy (non-hydrogen) atoms. The number of hydrogen-bond donors (Lipinski definition) is 2. The Morgan fingerprint density at radius 2 is 2.00 bits per heavy atom. The van der Waals surface area contributed by atoms with Gasteiger partial charge in [0.25, 0.3) is 0 Å². The zero-order valence-electron chi connectivity index (χ0n) is 18.4. The molecule has 3 amide bonds. The number of unbranched alkanes of at least 4 members (excludes halogenated alkanes) is 1. The minimum Gasteiger partial charge on any atom is -0.444 e. The maximum Gasteiger partial charge on any atom is 0.407 e. The molecule has 7 nitrogen and oxygen atoms in total. The number of thioether (sulfide) groups is 1. The molecule has 1 fully saturated rings. The van der Waals surface area contributed by atoms with Gasteiger partial charge in [-0.2, -0.15) is 11.8 Å². The van der Waals surface area contributed by atoms with E-state index in [1.54, 1.807) is 44.5 Å². The summed E-state index contributed by atoms with van der Waals surface area (Å²) in [5.41, 5.74) is -0.593. The minimum absolute atomic E-state index is 0.0716. The van der Waals surface area contributed by atoms with E-state index < -0.39 is 28.4 Å². The fraction of sp³-hybridized carbons (Fsp3) is 0.850. The Hall–Kier alpha value is -1.44. The van der Waals surface area contributed by atoms with Gasteiger partial charge in [0, 0.05) is 30.6 Å². The zero-order chi connectivity index (χ0) is 21.5. The summed E-state index contributed by atoms with van der Waals surface area (Å²) in [6.07, 6.45) is 1.92. The second-order valence-electron chi connectivity index (χ2n) is 8.88. The Morgan fingerprint density at radius 3 is 2.57 bits per heavy atom. The van der Waals surface area contributed by atoms with Gasteiger partial charge in [0.05, 0.1) is 5.92 Å². The van der Waals surface area contributed by atoms with Crippen LogP contribution in [0.4, 0.5) is 4.79 Å². The van der Waals surface area contributed by atoms with Gasteiger partial charge in [0.15, 0.2) is 0 Å². The van der Waals surface area contributed by atoms with Crippen LogP contribution in [0.15, 0.2) is 0 Å². The third-order valence-electron chi connectivity index (χ3n) is 4.67. The third-order valence-corrected chi connectivity index (χ3v) is 6.04. The van der Waals surface area contributed by atoms with Gasteiger partial charge >= 0.3 is 6.09 Å². The number of hydrogen-bond acceptors (Lipinski definition) is 5. The highest BCUT2D eigenvalue weighted by molar-refractivity contribution is 8.00. The molecule has 0 aliphatic carbocycles. The summed E-state index contributed by atoms with van der Waals surface area (Å²) in [5.74, 6) is 0.153. The van der Waals surface area contributed by atoms with Gasteiger partial charge in [-0.25, -0.2) is 4.79 Å². The first kappa shape index (κ1) is 24.6. The van der Waals surface area contributed by atoms with Gasteiger partial charge in [-0.3, -0.25) is 9.59 Å². The highest BCUT2D eigenvalue weighted by Crippen LogP contribution is 2.31. The SMILES string of the molecule is CCCC[C@H](CNC(=O)OC(C)(C)C)C(=O)N[C@@H]1C(=O)N(C)CCSC1(C)C. The van der Waals surface area contributed by atoms with Crippen LogP contribution in [0, 0.1) is 5.92 Å². The predicted octanol–water partition coefficient (Wildman–Crippen LogP) is 2.79. The maximum atomic E-state index is 13.0. The van der Waals surface area contributed by atoms with Crippen molar-refractivity contribution < 1.29 is 19.1 Å². The monoisotopic (exact) mass is 415 g/mol. The fourth-order valence-electron chi connectivity index (χ4n) is 2.95. The molecule has 0 saturated carbocycles. The maximum absolute atomic E-state index is 13.0. The number of ether oxygens (including phenoxy) is 1. The van der Waals surface area contributed by atoms with E-state index >= 15 is 0 Å². The van der Waals surface area contributed by atoms with E-state index in [0.717, 1.165) is 18.6 Å². The van der Waals surface area contributed by atoms with E-state index in [1.807, 2.05) is 13.8 Å². The number of carbonyl (C=O) groups is 3. The summed E-state index contributed by atoms with van der Waals surface area (Å²) < 4.78 is 4.86. The lowest BCUT2D eigenvalue weighted by Crippen LogP contribution is -2.57. The van der Waals surface area contributed by atoms with Crippen LogP contribution in [0.5, 0.6) is 0 Å².